The number of hydrogen-bond acceptors (Lipinski definition) is 15. The third-order valence-corrected chi connectivity index (χ3v) is 12.8. The van der Waals surface area contributed by atoms with Crippen molar-refractivity contribution in [3.05, 3.63) is 37.1 Å². The summed E-state index contributed by atoms with van der Waals surface area (Å²) in [4.78, 5) is 58.4. The second kappa shape index (κ2) is 19.5. The number of pyridine rings is 1. The van der Waals surface area contributed by atoms with Crippen molar-refractivity contribution >= 4 is 23.6 Å². The van der Waals surface area contributed by atoms with Crippen LogP contribution in [0.5, 0.6) is 0 Å². The van der Waals surface area contributed by atoms with E-state index >= 15 is 4.39 Å². The first kappa shape index (κ1) is 48.0. The summed E-state index contributed by atoms with van der Waals surface area (Å²) in [7, 11) is 6.55. The number of nitrogens with one attached hydrogen (secondary N) is 1. The van der Waals surface area contributed by atoms with Gasteiger partial charge in [-0.2, -0.15) is 0 Å². The molecule has 5 rings (SSSR count). The van der Waals surface area contributed by atoms with Crippen LogP contribution in [-0.2, 0) is 44.7 Å². The molecule has 0 saturated carbocycles. The monoisotopic (exact) mass is 859 g/mol. The van der Waals surface area contributed by atoms with Gasteiger partial charge in [-0.05, 0) is 79.6 Å². The minimum atomic E-state index is -3.17. The number of aliphatic hydroxyl groups is 1. The van der Waals surface area contributed by atoms with E-state index in [0.29, 0.717) is 31.6 Å². The highest BCUT2D eigenvalue weighted by Gasteiger charge is 2.62. The molecule has 0 aliphatic carbocycles. The highest BCUT2D eigenvalue weighted by molar-refractivity contribution is 6.08. The number of methoxy groups -OCH3 is 1. The lowest BCUT2D eigenvalue weighted by atomic mass is 9.73. The molecule has 18 heteroatoms. The molecule has 340 valence electrons. The Kier molecular flexibility index (Phi) is 15.4. The molecule has 61 heavy (non-hydrogen) atoms. The van der Waals surface area contributed by atoms with Crippen molar-refractivity contribution in [1.29, 1.82) is 0 Å². The Morgan fingerprint density at radius 3 is 2.46 bits per heavy atom. The first-order valence-electron chi connectivity index (χ1n) is 21.2. The predicted molar refractivity (Wildman–Crippen MR) is 223 cm³/mol. The van der Waals surface area contributed by atoms with Gasteiger partial charge in [0.1, 0.15) is 25.4 Å². The number of aryl methyl sites for hydroxylation is 1. The molecule has 3 aliphatic rings. The number of ether oxygens (including phenoxy) is 5. The number of alkyl halides is 1. The first-order chi connectivity index (χ1) is 28.7. The van der Waals surface area contributed by atoms with Crippen LogP contribution in [0.1, 0.15) is 81.1 Å². The first-order valence-corrected chi connectivity index (χ1v) is 21.2. The Bertz CT molecular complexity index is 1850. The van der Waals surface area contributed by atoms with E-state index in [9.17, 15) is 19.5 Å². The maximum atomic E-state index is 17.0. The highest BCUT2D eigenvalue weighted by atomic mass is 19.1. The summed E-state index contributed by atoms with van der Waals surface area (Å²) in [6.07, 6.45) is 2.54. The second-order valence-electron chi connectivity index (χ2n) is 17.6. The molecule has 2 N–H and O–H groups in total. The van der Waals surface area contributed by atoms with Crippen LogP contribution in [0.15, 0.2) is 42.2 Å². The van der Waals surface area contributed by atoms with Crippen molar-refractivity contribution in [2.24, 2.45) is 22.9 Å². The van der Waals surface area contributed by atoms with Crippen molar-refractivity contribution in [3.63, 3.8) is 0 Å². The zero-order chi connectivity index (χ0) is 45.0. The maximum absolute atomic E-state index is 17.0. The van der Waals surface area contributed by atoms with Crippen molar-refractivity contribution in [2.45, 2.75) is 147 Å². The van der Waals surface area contributed by atoms with E-state index in [2.05, 4.69) is 20.5 Å². The van der Waals surface area contributed by atoms with Gasteiger partial charge in [-0.1, -0.05) is 32.9 Å². The normalized spacial score (nSPS) is 37.3. The highest BCUT2D eigenvalue weighted by Crippen LogP contribution is 2.43. The zero-order valence-electron chi connectivity index (χ0n) is 37.7. The Hall–Kier alpha value is -4.07. The third-order valence-electron chi connectivity index (χ3n) is 12.8. The number of Topliss-reactive ketones (excluding diaryl/α,β-unsaturated/α-hetero) is 1. The Labute approximate surface area is 358 Å². The van der Waals surface area contributed by atoms with Crippen LogP contribution >= 0.6 is 0 Å². The van der Waals surface area contributed by atoms with Gasteiger partial charge in [-0.3, -0.25) is 9.78 Å². The van der Waals surface area contributed by atoms with E-state index in [4.69, 9.17) is 28.5 Å². The van der Waals surface area contributed by atoms with Crippen molar-refractivity contribution in [1.82, 2.24) is 29.9 Å². The van der Waals surface area contributed by atoms with Crippen LogP contribution in [0.4, 0.5) is 9.18 Å². The number of fused-ring (bicyclic) bond motifs is 1. The number of hydrogen-bond donors (Lipinski definition) is 2. The minimum absolute atomic E-state index is 0.105. The lowest BCUT2D eigenvalue weighted by Crippen LogP contribution is -2.62. The molecule has 5 heterocycles. The number of esters is 1. The smallest absolute Gasteiger partial charge is 0.425 e. The number of oxime groups is 1. The van der Waals surface area contributed by atoms with E-state index < -0.39 is 83.1 Å². The molecule has 0 spiro atoms. The Balaban J connectivity index is 1.51. The number of carbonyl (C=O) groups excluding carboxylic acids is 3. The van der Waals surface area contributed by atoms with E-state index in [0.717, 1.165) is 18.2 Å². The molecular weight excluding hydrogens is 794 g/mol. The molecule has 0 aromatic carbocycles. The van der Waals surface area contributed by atoms with Gasteiger partial charge in [0.25, 0.3) is 5.67 Å². The average Bonchev–Trinajstić information content (AvgIpc) is 3.80. The molecule has 1 amide bonds. The maximum Gasteiger partial charge on any atom is 0.425 e. The van der Waals surface area contributed by atoms with Crippen LogP contribution in [-0.4, -0.2) is 148 Å². The number of aromatic nitrogens is 3. The molecule has 3 fully saturated rings. The fraction of sp³-hybridized carbons (Fsp3) is 0.721. The number of aliphatic hydroxyl groups excluding tert-OH is 1. The van der Waals surface area contributed by atoms with Crippen LogP contribution < -0.4 is 5.43 Å². The van der Waals surface area contributed by atoms with Gasteiger partial charge in [0.2, 0.25) is 0 Å². The molecule has 2 aromatic heterocycles. The SMILES string of the molecule is CC[C@H]1OC(=O)[C@@](C)(F)C(=O)[C@H](C)[C@@H](O[C@@H]2O[C@H](C)C[C@H](N(C)C)[C@H]2O)[C@](C)(OC)C[C@@H](C)C(=NOC)[C@H](C)[C@@H]2N(NCCCn3cnc(-c4cccnc4)c3)C(=O)O[C@@]21C. The van der Waals surface area contributed by atoms with Crippen LogP contribution in [0.2, 0.25) is 0 Å². The molecule has 0 unspecified atom stereocenters. The number of rotatable bonds is 12. The summed E-state index contributed by atoms with van der Waals surface area (Å²) in [5.41, 5.74) is -0.686. The lowest BCUT2D eigenvalue weighted by Gasteiger charge is -2.47. The zero-order valence-corrected chi connectivity index (χ0v) is 37.7. The van der Waals surface area contributed by atoms with E-state index in [1.807, 2.05) is 62.7 Å². The van der Waals surface area contributed by atoms with Gasteiger partial charge in [0, 0.05) is 68.1 Å². The van der Waals surface area contributed by atoms with Crippen LogP contribution in [0.3, 0.4) is 0 Å². The van der Waals surface area contributed by atoms with E-state index in [-0.39, 0.29) is 25.0 Å². The Morgan fingerprint density at radius 1 is 1.11 bits per heavy atom. The lowest BCUT2D eigenvalue weighted by molar-refractivity contribution is -0.295. The van der Waals surface area contributed by atoms with Crippen LogP contribution in [0, 0.1) is 17.8 Å². The van der Waals surface area contributed by atoms with Crippen molar-refractivity contribution < 1.29 is 52.4 Å². The summed E-state index contributed by atoms with van der Waals surface area (Å²) in [6.45, 7) is 14.0. The topological polar surface area (TPSA) is 188 Å². The number of cyclic esters (lactones) is 1. The molecular formula is C43H66FN7O10. The number of imidazole rings is 1. The van der Waals surface area contributed by atoms with Crippen molar-refractivity contribution in [3.8, 4) is 11.3 Å². The number of ketones is 1. The van der Waals surface area contributed by atoms with E-state index in [1.54, 1.807) is 39.5 Å². The molecule has 0 radical (unpaired) electrons. The summed E-state index contributed by atoms with van der Waals surface area (Å²) in [6, 6.07) is 2.54. The number of hydrazine groups is 1. The number of carbonyl (C=O) groups is 3. The second-order valence-corrected chi connectivity index (χ2v) is 17.6. The van der Waals surface area contributed by atoms with Gasteiger partial charge in [0.15, 0.2) is 17.7 Å². The quantitative estimate of drug-likeness (QED) is 0.131. The van der Waals surface area contributed by atoms with Gasteiger partial charge in [-0.15, -0.1) is 0 Å². The standard InChI is InChI=1S/C43H66FN7O10/c1-13-32-43(8)35(51(40(55)61-43)47-18-15-19-50-23-30(46-24-50)29-16-14-17-45-22-29)27(4)33(48-57-12)25(2)21-41(6,56-11)37(28(5)36(53)42(7,44)39(54)59-32)60-38-34(52)31(49(9)10)20-26(3)58-38/h14,16-17,22-28,31-32,34-35,37-38,47,52H,13,15,18-21H2,1-12H3/t25-,26-,27+,28+,31+,32-,34-,35+,37-,38+,41-,42+,43-/m1/s1. The number of likely N-dealkylation sites (N-methyl/N-ethyl adjacent to an activating group) is 1. The molecule has 3 aliphatic heterocycles. The number of halogens is 1. The number of nitrogens with zero attached hydrogens (tertiary/aromatic N) is 6. The summed E-state index contributed by atoms with van der Waals surface area (Å²) in [5.74, 6) is -5.01. The van der Waals surface area contributed by atoms with Crippen molar-refractivity contribution in [2.75, 3.05) is 34.9 Å². The van der Waals surface area contributed by atoms with E-state index in [1.165, 1.54) is 26.2 Å². The molecule has 17 nitrogen and oxygen atoms in total. The average molecular weight is 860 g/mol. The molecule has 13 atom stereocenters. The molecule has 2 aromatic rings. The summed E-state index contributed by atoms with van der Waals surface area (Å²) < 4.78 is 49.9. The van der Waals surface area contributed by atoms with Gasteiger partial charge in [0.05, 0.1) is 35.5 Å². The van der Waals surface area contributed by atoms with Crippen LogP contribution in [0.25, 0.3) is 11.3 Å². The predicted octanol–water partition coefficient (Wildman–Crippen LogP) is 4.57. The minimum Gasteiger partial charge on any atom is -0.455 e. The van der Waals surface area contributed by atoms with Gasteiger partial charge >= 0.3 is 12.1 Å². The summed E-state index contributed by atoms with van der Waals surface area (Å²) in [5, 5.41) is 17.4. The largest absolute Gasteiger partial charge is 0.455 e. The Morgan fingerprint density at radius 2 is 1.84 bits per heavy atom. The third kappa shape index (κ3) is 9.94. The summed E-state index contributed by atoms with van der Waals surface area (Å²) >= 11 is 0. The number of amides is 1. The van der Waals surface area contributed by atoms with Gasteiger partial charge in [-0.25, -0.2) is 29.4 Å². The molecule has 3 saturated heterocycles. The van der Waals surface area contributed by atoms with Gasteiger partial charge < -0.3 is 43.1 Å². The molecule has 0 bridgehead atoms. The fourth-order valence-electron chi connectivity index (χ4n) is 9.43. The fourth-order valence-corrected chi connectivity index (χ4v) is 9.43.